The summed E-state index contributed by atoms with van der Waals surface area (Å²) in [5, 5.41) is 13.0. The van der Waals surface area contributed by atoms with Gasteiger partial charge in [-0.25, -0.2) is 9.97 Å². The van der Waals surface area contributed by atoms with Crippen LogP contribution in [0.25, 0.3) is 10.8 Å². The first kappa shape index (κ1) is 21.1. The molecule has 1 amide bonds. The molecule has 8 heteroatoms. The Kier molecular flexibility index (Phi) is 5.50. The molecule has 0 saturated carbocycles. The summed E-state index contributed by atoms with van der Waals surface area (Å²) < 4.78 is 0. The maximum absolute atomic E-state index is 13.6. The van der Waals surface area contributed by atoms with E-state index in [1.54, 1.807) is 0 Å². The van der Waals surface area contributed by atoms with Crippen molar-refractivity contribution in [3.8, 4) is 0 Å². The number of nitrogens with one attached hydrogen (secondary N) is 2. The van der Waals surface area contributed by atoms with Crippen molar-refractivity contribution >= 4 is 40.7 Å². The number of amides is 1. The molecule has 1 aromatic heterocycles. The summed E-state index contributed by atoms with van der Waals surface area (Å²) in [5.41, 5.74) is 6.37. The predicted octanol–water partition coefficient (Wildman–Crippen LogP) is 3.50. The number of hydrogen-bond donors (Lipinski definition) is 2. The quantitative estimate of drug-likeness (QED) is 0.467. The van der Waals surface area contributed by atoms with Gasteiger partial charge < -0.3 is 15.2 Å². The molecule has 2 aliphatic heterocycles. The van der Waals surface area contributed by atoms with E-state index in [0.29, 0.717) is 17.4 Å². The Labute approximate surface area is 192 Å². The van der Waals surface area contributed by atoms with Crippen LogP contribution in [0.3, 0.4) is 0 Å². The molecular weight excluding hydrogens is 414 g/mol. The maximum atomic E-state index is 13.6. The van der Waals surface area contributed by atoms with E-state index in [0.717, 1.165) is 66.2 Å². The van der Waals surface area contributed by atoms with Crippen molar-refractivity contribution in [1.82, 2.24) is 14.9 Å². The van der Waals surface area contributed by atoms with E-state index in [1.807, 2.05) is 61.2 Å². The van der Waals surface area contributed by atoms with Crippen LogP contribution < -0.4 is 10.3 Å². The van der Waals surface area contributed by atoms with Gasteiger partial charge in [-0.05, 0) is 37.4 Å². The predicted molar refractivity (Wildman–Crippen MR) is 131 cm³/mol. The van der Waals surface area contributed by atoms with Crippen LogP contribution in [-0.4, -0.2) is 59.4 Å². The number of hydrazone groups is 1. The van der Waals surface area contributed by atoms with E-state index in [2.05, 4.69) is 25.4 Å². The highest BCUT2D eigenvalue weighted by atomic mass is 16.2. The molecule has 0 spiro atoms. The molecule has 0 bridgehead atoms. The topological polar surface area (TPSA) is 97.6 Å². The first-order chi connectivity index (χ1) is 16.0. The molecule has 2 N–H and O–H groups in total. The van der Waals surface area contributed by atoms with Gasteiger partial charge in [-0.3, -0.25) is 10.2 Å². The van der Waals surface area contributed by atoms with Crippen LogP contribution in [0, 0.1) is 31.1 Å². The SMILES string of the molecule is Cc1cc(C)nc(N2CC3CN(C(=O)c4cccc5cccc(N/N=C\C=N)c45)CC3C2)n1. The van der Waals surface area contributed by atoms with Gasteiger partial charge in [0, 0.05) is 66.6 Å². The number of aromatic nitrogens is 2. The van der Waals surface area contributed by atoms with Gasteiger partial charge in [0.2, 0.25) is 5.95 Å². The maximum Gasteiger partial charge on any atom is 0.254 e. The fourth-order valence-corrected chi connectivity index (χ4v) is 5.10. The van der Waals surface area contributed by atoms with Crippen LogP contribution in [0.15, 0.2) is 47.6 Å². The number of fused-ring (bicyclic) bond motifs is 2. The van der Waals surface area contributed by atoms with Crippen molar-refractivity contribution in [2.75, 3.05) is 36.5 Å². The molecule has 5 rings (SSSR count). The second-order valence-corrected chi connectivity index (χ2v) is 8.85. The minimum absolute atomic E-state index is 0.0504. The molecule has 2 atom stereocenters. The lowest BCUT2D eigenvalue weighted by Crippen LogP contribution is -2.34. The lowest BCUT2D eigenvalue weighted by molar-refractivity contribution is 0.0784. The van der Waals surface area contributed by atoms with E-state index in [1.165, 1.54) is 6.21 Å². The van der Waals surface area contributed by atoms with Crippen molar-refractivity contribution in [1.29, 1.82) is 5.41 Å². The molecule has 0 aliphatic carbocycles. The molecule has 2 saturated heterocycles. The number of carbonyl (C=O) groups is 1. The van der Waals surface area contributed by atoms with Gasteiger partial charge in [0.15, 0.2) is 0 Å². The van der Waals surface area contributed by atoms with Gasteiger partial charge in [-0.2, -0.15) is 5.10 Å². The van der Waals surface area contributed by atoms with Crippen LogP contribution in [0.1, 0.15) is 21.7 Å². The van der Waals surface area contributed by atoms with E-state index in [4.69, 9.17) is 5.41 Å². The van der Waals surface area contributed by atoms with Crippen molar-refractivity contribution < 1.29 is 4.79 Å². The molecule has 3 aromatic rings. The summed E-state index contributed by atoms with van der Waals surface area (Å²) in [6.45, 7) is 7.22. The van der Waals surface area contributed by atoms with Crippen LogP contribution in [0.4, 0.5) is 11.6 Å². The molecule has 2 aliphatic rings. The highest BCUT2D eigenvalue weighted by Crippen LogP contribution is 2.35. The average Bonchev–Trinajstić information content (AvgIpc) is 3.37. The van der Waals surface area contributed by atoms with Crippen LogP contribution in [-0.2, 0) is 0 Å². The molecule has 2 fully saturated rings. The minimum atomic E-state index is 0.0504. The Bertz CT molecular complexity index is 1220. The average molecular weight is 442 g/mol. The Morgan fingerprint density at radius 2 is 1.73 bits per heavy atom. The number of hydrogen-bond acceptors (Lipinski definition) is 7. The zero-order valence-corrected chi connectivity index (χ0v) is 18.8. The third-order valence-corrected chi connectivity index (χ3v) is 6.50. The number of carbonyl (C=O) groups excluding carboxylic acids is 1. The van der Waals surface area contributed by atoms with Crippen molar-refractivity contribution in [3.05, 3.63) is 59.4 Å². The Morgan fingerprint density at radius 3 is 2.39 bits per heavy atom. The molecule has 33 heavy (non-hydrogen) atoms. The fraction of sp³-hybridized carbons (Fsp3) is 0.320. The minimum Gasteiger partial charge on any atom is -0.340 e. The highest BCUT2D eigenvalue weighted by molar-refractivity contribution is 6.15. The molecule has 3 heterocycles. The number of aryl methyl sites for hydroxylation is 2. The fourth-order valence-electron chi connectivity index (χ4n) is 5.10. The van der Waals surface area contributed by atoms with Gasteiger partial charge in [-0.15, -0.1) is 0 Å². The zero-order chi connectivity index (χ0) is 22.9. The van der Waals surface area contributed by atoms with E-state index in [9.17, 15) is 4.79 Å². The Morgan fingerprint density at radius 1 is 1.06 bits per heavy atom. The summed E-state index contributed by atoms with van der Waals surface area (Å²) in [5.74, 6) is 1.69. The normalized spacial score (nSPS) is 19.9. The molecule has 2 aromatic carbocycles. The number of rotatable bonds is 5. The highest BCUT2D eigenvalue weighted by Gasteiger charge is 2.42. The standard InChI is InChI=1S/C25H27N7O/c1-16-11-17(2)29-25(28-16)32-14-19-12-31(13-20(19)15-32)24(33)21-7-3-5-18-6-4-8-22(23(18)21)30-27-10-9-26/h3-11,19-20,26,30H,12-15H2,1-2H3/b26-9?,27-10-. The van der Waals surface area contributed by atoms with E-state index in [-0.39, 0.29) is 5.91 Å². The molecule has 2 unspecified atom stereocenters. The molecule has 8 nitrogen and oxygen atoms in total. The monoisotopic (exact) mass is 441 g/mol. The van der Waals surface area contributed by atoms with Crippen molar-refractivity contribution in [2.45, 2.75) is 13.8 Å². The van der Waals surface area contributed by atoms with Crippen molar-refractivity contribution in [3.63, 3.8) is 0 Å². The lowest BCUT2D eigenvalue weighted by atomic mass is 10.0. The first-order valence-corrected chi connectivity index (χ1v) is 11.2. The summed E-state index contributed by atoms with van der Waals surface area (Å²) in [7, 11) is 0. The zero-order valence-electron chi connectivity index (χ0n) is 18.8. The third-order valence-electron chi connectivity index (χ3n) is 6.50. The number of anilines is 2. The second-order valence-electron chi connectivity index (χ2n) is 8.85. The summed E-state index contributed by atoms with van der Waals surface area (Å²) in [6, 6.07) is 13.6. The van der Waals surface area contributed by atoms with Crippen LogP contribution in [0.2, 0.25) is 0 Å². The van der Waals surface area contributed by atoms with E-state index < -0.39 is 0 Å². The first-order valence-electron chi connectivity index (χ1n) is 11.2. The smallest absolute Gasteiger partial charge is 0.254 e. The number of benzene rings is 2. The summed E-state index contributed by atoms with van der Waals surface area (Å²) in [4.78, 5) is 27.1. The van der Waals surface area contributed by atoms with Gasteiger partial charge >= 0.3 is 0 Å². The third kappa shape index (κ3) is 4.04. The summed E-state index contributed by atoms with van der Waals surface area (Å²) >= 11 is 0. The lowest BCUT2D eigenvalue weighted by Gasteiger charge is -2.23. The van der Waals surface area contributed by atoms with Crippen molar-refractivity contribution in [2.24, 2.45) is 16.9 Å². The molecule has 0 radical (unpaired) electrons. The van der Waals surface area contributed by atoms with Gasteiger partial charge in [0.05, 0.1) is 11.9 Å². The van der Waals surface area contributed by atoms with E-state index >= 15 is 0 Å². The molecular formula is C25H27N7O. The summed E-state index contributed by atoms with van der Waals surface area (Å²) in [6.07, 6.45) is 2.48. The molecule has 168 valence electrons. The largest absolute Gasteiger partial charge is 0.340 e. The van der Waals surface area contributed by atoms with Gasteiger partial charge in [0.25, 0.3) is 5.91 Å². The van der Waals surface area contributed by atoms with Gasteiger partial charge in [-0.1, -0.05) is 24.3 Å². The second kappa shape index (κ2) is 8.61. The number of nitrogens with zero attached hydrogens (tertiary/aromatic N) is 5. The van der Waals surface area contributed by atoms with Gasteiger partial charge in [0.1, 0.15) is 0 Å². The van der Waals surface area contributed by atoms with Crippen LogP contribution >= 0.6 is 0 Å². The number of likely N-dealkylation sites (tertiary alicyclic amines) is 1. The Balaban J connectivity index is 1.36. The Hall–Kier alpha value is -3.81. The van der Waals surface area contributed by atoms with Crippen LogP contribution in [0.5, 0.6) is 0 Å².